The van der Waals surface area contributed by atoms with Gasteiger partial charge in [-0.05, 0) is 49.8 Å². The lowest BCUT2D eigenvalue weighted by Crippen LogP contribution is -2.06. The molecule has 0 atom stereocenters. The molecule has 0 unspecified atom stereocenters. The molecule has 1 heterocycles. The molecular weight excluding hydrogens is 276 g/mol. The molecule has 4 nitrogen and oxygen atoms in total. The number of carbonyl (C=O) groups is 1. The highest BCUT2D eigenvalue weighted by molar-refractivity contribution is 6.15. The number of carboxylic acid groups (broad SMARTS) is 1. The van der Waals surface area contributed by atoms with Crippen molar-refractivity contribution in [3.05, 3.63) is 46.5 Å². The number of hydrogen-bond acceptors (Lipinski definition) is 3. The zero-order valence-corrected chi connectivity index (χ0v) is 13.1. The summed E-state index contributed by atoms with van der Waals surface area (Å²) < 4.78 is 0. The number of hydrazone groups is 1. The molecule has 2 N–H and O–H groups in total. The van der Waals surface area contributed by atoms with Gasteiger partial charge in [-0.1, -0.05) is 24.3 Å². The van der Waals surface area contributed by atoms with Gasteiger partial charge in [-0.2, -0.15) is 5.10 Å². The van der Waals surface area contributed by atoms with Crippen LogP contribution in [0.2, 0.25) is 0 Å². The fourth-order valence-corrected chi connectivity index (χ4v) is 3.11. The Morgan fingerprint density at radius 2 is 1.68 bits per heavy atom. The van der Waals surface area contributed by atoms with Crippen LogP contribution in [0.4, 0.5) is 5.69 Å². The van der Waals surface area contributed by atoms with Crippen LogP contribution in [-0.4, -0.2) is 16.8 Å². The highest BCUT2D eigenvalue weighted by Crippen LogP contribution is 2.40. The Morgan fingerprint density at radius 1 is 1.05 bits per heavy atom. The summed E-state index contributed by atoms with van der Waals surface area (Å²) in [5.41, 5.74) is 9.14. The summed E-state index contributed by atoms with van der Waals surface area (Å²) in [7, 11) is 0. The van der Waals surface area contributed by atoms with Crippen molar-refractivity contribution in [3.8, 4) is 0 Å². The van der Waals surface area contributed by atoms with Crippen LogP contribution in [-0.2, 0) is 0 Å². The van der Waals surface area contributed by atoms with Crippen molar-refractivity contribution in [3.63, 3.8) is 0 Å². The standard InChI is InChI=1S/C18H18N2O2/c1-9-10(2)15-11(3)16(18(21)22)13-7-5-6-8-14(13)17(15)20-19-12(9)4/h5-8,20H,1-4H3,(H,21,22). The molecule has 22 heavy (non-hydrogen) atoms. The quantitative estimate of drug-likeness (QED) is 0.817. The van der Waals surface area contributed by atoms with E-state index in [0.29, 0.717) is 5.56 Å². The minimum absolute atomic E-state index is 0.364. The van der Waals surface area contributed by atoms with E-state index in [1.165, 1.54) is 0 Å². The Morgan fingerprint density at radius 3 is 2.32 bits per heavy atom. The van der Waals surface area contributed by atoms with Gasteiger partial charge in [0.2, 0.25) is 0 Å². The van der Waals surface area contributed by atoms with Crippen LogP contribution in [0, 0.1) is 6.92 Å². The minimum atomic E-state index is -0.899. The number of carboxylic acids is 1. The second-order valence-electron chi connectivity index (χ2n) is 5.66. The van der Waals surface area contributed by atoms with Gasteiger partial charge in [-0.25, -0.2) is 4.79 Å². The van der Waals surface area contributed by atoms with Gasteiger partial charge in [-0.3, -0.25) is 5.43 Å². The lowest BCUT2D eigenvalue weighted by atomic mass is 9.88. The Bertz CT molecular complexity index is 876. The molecule has 0 saturated carbocycles. The normalized spacial score (nSPS) is 14.3. The predicted octanol–water partition coefficient (Wildman–Crippen LogP) is 4.44. The van der Waals surface area contributed by atoms with Gasteiger partial charge in [-0.15, -0.1) is 0 Å². The SMILES string of the molecule is CC1=NNc2c(c(C)c(C(=O)O)c3ccccc23)C(C)=C1C. The Labute approximate surface area is 129 Å². The van der Waals surface area contributed by atoms with E-state index < -0.39 is 5.97 Å². The van der Waals surface area contributed by atoms with Gasteiger partial charge >= 0.3 is 5.97 Å². The van der Waals surface area contributed by atoms with E-state index in [-0.39, 0.29) is 0 Å². The predicted molar refractivity (Wildman–Crippen MR) is 90.6 cm³/mol. The van der Waals surface area contributed by atoms with Gasteiger partial charge in [0.05, 0.1) is 17.0 Å². The van der Waals surface area contributed by atoms with Crippen LogP contribution in [0.1, 0.15) is 42.3 Å². The van der Waals surface area contributed by atoms with Crippen molar-refractivity contribution < 1.29 is 9.90 Å². The summed E-state index contributed by atoms with van der Waals surface area (Å²) in [5.74, 6) is -0.899. The molecule has 0 bridgehead atoms. The summed E-state index contributed by atoms with van der Waals surface area (Å²) in [5, 5.41) is 15.7. The molecular formula is C18H18N2O2. The second kappa shape index (κ2) is 4.98. The monoisotopic (exact) mass is 294 g/mol. The van der Waals surface area contributed by atoms with Crippen LogP contribution in [0.15, 0.2) is 34.9 Å². The molecule has 0 radical (unpaired) electrons. The highest BCUT2D eigenvalue weighted by atomic mass is 16.4. The van der Waals surface area contributed by atoms with E-state index in [4.69, 9.17) is 0 Å². The van der Waals surface area contributed by atoms with Crippen LogP contribution in [0.25, 0.3) is 16.3 Å². The zero-order valence-electron chi connectivity index (χ0n) is 13.1. The first-order valence-corrected chi connectivity index (χ1v) is 7.20. The molecule has 0 saturated heterocycles. The van der Waals surface area contributed by atoms with Gasteiger partial charge in [0.25, 0.3) is 0 Å². The first-order chi connectivity index (χ1) is 10.4. The first kappa shape index (κ1) is 14.3. The molecule has 112 valence electrons. The molecule has 4 heteroatoms. The average Bonchev–Trinajstić information content (AvgIpc) is 2.60. The van der Waals surface area contributed by atoms with Crippen LogP contribution < -0.4 is 5.43 Å². The van der Waals surface area contributed by atoms with E-state index >= 15 is 0 Å². The summed E-state index contributed by atoms with van der Waals surface area (Å²) in [6, 6.07) is 7.56. The van der Waals surface area contributed by atoms with Crippen molar-refractivity contribution in [2.24, 2.45) is 5.10 Å². The fourth-order valence-electron chi connectivity index (χ4n) is 3.11. The Kier molecular flexibility index (Phi) is 3.24. The second-order valence-corrected chi connectivity index (χ2v) is 5.66. The van der Waals surface area contributed by atoms with Crippen molar-refractivity contribution in [2.75, 3.05) is 5.43 Å². The summed E-state index contributed by atoms with van der Waals surface area (Å²) in [6.07, 6.45) is 0. The lowest BCUT2D eigenvalue weighted by molar-refractivity contribution is 0.0698. The van der Waals surface area contributed by atoms with Crippen LogP contribution in [0.3, 0.4) is 0 Å². The van der Waals surface area contributed by atoms with Crippen LogP contribution in [0.5, 0.6) is 0 Å². The van der Waals surface area contributed by atoms with Gasteiger partial charge in [0.15, 0.2) is 0 Å². The third-order valence-corrected chi connectivity index (χ3v) is 4.50. The molecule has 2 aromatic carbocycles. The minimum Gasteiger partial charge on any atom is -0.478 e. The molecule has 1 aliphatic rings. The molecule has 0 amide bonds. The zero-order chi connectivity index (χ0) is 16.0. The van der Waals surface area contributed by atoms with E-state index in [0.717, 1.165) is 44.4 Å². The Hall–Kier alpha value is -2.62. The number of nitrogens with one attached hydrogen (secondary N) is 1. The number of anilines is 1. The number of nitrogens with zero attached hydrogens (tertiary/aromatic N) is 1. The molecule has 0 aliphatic carbocycles. The molecule has 0 aromatic heterocycles. The van der Waals surface area contributed by atoms with Crippen molar-refractivity contribution in [1.29, 1.82) is 0 Å². The number of aromatic carboxylic acids is 1. The molecule has 1 aliphatic heterocycles. The van der Waals surface area contributed by atoms with Crippen LogP contribution >= 0.6 is 0 Å². The van der Waals surface area contributed by atoms with Gasteiger partial charge < -0.3 is 5.11 Å². The maximum atomic E-state index is 11.8. The number of rotatable bonds is 1. The van der Waals surface area contributed by atoms with E-state index in [1.807, 2.05) is 52.0 Å². The van der Waals surface area contributed by atoms with E-state index in [9.17, 15) is 9.90 Å². The average molecular weight is 294 g/mol. The largest absolute Gasteiger partial charge is 0.478 e. The number of benzene rings is 2. The van der Waals surface area contributed by atoms with Crippen molar-refractivity contribution in [2.45, 2.75) is 27.7 Å². The van der Waals surface area contributed by atoms with E-state index in [2.05, 4.69) is 10.5 Å². The maximum absolute atomic E-state index is 11.8. The smallest absolute Gasteiger partial charge is 0.336 e. The number of allylic oxidation sites excluding steroid dienone is 2. The van der Waals surface area contributed by atoms with Gasteiger partial charge in [0.1, 0.15) is 0 Å². The molecule has 0 fully saturated rings. The fraction of sp³-hybridized carbons (Fsp3) is 0.222. The van der Waals surface area contributed by atoms with E-state index in [1.54, 1.807) is 0 Å². The topological polar surface area (TPSA) is 61.7 Å². The molecule has 3 rings (SSSR count). The number of fused-ring (bicyclic) bond motifs is 3. The Balaban J connectivity index is 2.55. The van der Waals surface area contributed by atoms with Crippen molar-refractivity contribution >= 4 is 33.7 Å². The first-order valence-electron chi connectivity index (χ1n) is 7.20. The third-order valence-electron chi connectivity index (χ3n) is 4.50. The molecule has 2 aromatic rings. The summed E-state index contributed by atoms with van der Waals surface area (Å²) in [4.78, 5) is 11.8. The lowest BCUT2D eigenvalue weighted by Gasteiger charge is -2.18. The number of hydrogen-bond donors (Lipinski definition) is 2. The summed E-state index contributed by atoms with van der Waals surface area (Å²) >= 11 is 0. The van der Waals surface area contributed by atoms with Crippen molar-refractivity contribution in [1.82, 2.24) is 0 Å². The highest BCUT2D eigenvalue weighted by Gasteiger charge is 2.23. The summed E-state index contributed by atoms with van der Waals surface area (Å²) in [6.45, 7) is 7.86. The maximum Gasteiger partial charge on any atom is 0.336 e. The third kappa shape index (κ3) is 1.91. The molecule has 0 spiro atoms. The van der Waals surface area contributed by atoms with Gasteiger partial charge in [0, 0.05) is 10.9 Å².